The molecule has 1 fully saturated rings. The first-order valence-corrected chi connectivity index (χ1v) is 6.42. The first kappa shape index (κ1) is 12.3. The molecule has 1 N–H and O–H groups in total. The van der Waals surface area contributed by atoms with Crippen LogP contribution in [-0.4, -0.2) is 36.1 Å². The van der Waals surface area contributed by atoms with E-state index in [1.165, 1.54) is 12.8 Å². The van der Waals surface area contributed by atoms with Crippen molar-refractivity contribution >= 4 is 5.82 Å². The highest BCUT2D eigenvalue weighted by Gasteiger charge is 2.24. The van der Waals surface area contributed by atoms with Crippen LogP contribution in [0.3, 0.4) is 0 Å². The molecule has 0 aromatic carbocycles. The van der Waals surface area contributed by atoms with Crippen LogP contribution in [0.1, 0.15) is 25.6 Å². The molecule has 4 heteroatoms. The molecular weight excluding hydrogens is 212 g/mol. The molecule has 0 amide bonds. The van der Waals surface area contributed by atoms with Gasteiger partial charge in [0.2, 0.25) is 0 Å². The third-order valence-corrected chi connectivity index (χ3v) is 3.71. The first-order valence-electron chi connectivity index (χ1n) is 6.42. The van der Waals surface area contributed by atoms with Crippen LogP contribution in [0.5, 0.6) is 0 Å². The number of rotatable bonds is 3. The highest BCUT2D eigenvalue weighted by molar-refractivity contribution is 5.38. The lowest BCUT2D eigenvalue weighted by molar-refractivity contribution is 0.332. The number of hydrogen-bond donors (Lipinski definition) is 1. The summed E-state index contributed by atoms with van der Waals surface area (Å²) < 4.78 is 0. The standard InChI is InChI=1S/C13H22N4/c1-10(14-3)12-5-4-8-17(9-12)13-6-7-15-11(2)16-13/h6-7,10,12,14H,4-5,8-9H2,1-3H3. The molecule has 94 valence electrons. The SMILES string of the molecule is CNC(C)C1CCCN(c2ccnc(C)n2)C1. The van der Waals surface area contributed by atoms with Gasteiger partial charge in [-0.2, -0.15) is 0 Å². The van der Waals surface area contributed by atoms with E-state index >= 15 is 0 Å². The topological polar surface area (TPSA) is 41.0 Å². The van der Waals surface area contributed by atoms with Gasteiger partial charge in [-0.05, 0) is 45.7 Å². The summed E-state index contributed by atoms with van der Waals surface area (Å²) in [6, 6.07) is 2.58. The molecule has 2 atom stereocenters. The highest BCUT2D eigenvalue weighted by Crippen LogP contribution is 2.23. The molecule has 1 saturated heterocycles. The van der Waals surface area contributed by atoms with E-state index in [1.807, 2.05) is 26.2 Å². The van der Waals surface area contributed by atoms with Crippen LogP contribution >= 0.6 is 0 Å². The summed E-state index contributed by atoms with van der Waals surface area (Å²) in [4.78, 5) is 11.1. The molecule has 4 nitrogen and oxygen atoms in total. The van der Waals surface area contributed by atoms with Gasteiger partial charge in [0.25, 0.3) is 0 Å². The van der Waals surface area contributed by atoms with E-state index in [1.54, 1.807) is 0 Å². The molecule has 2 rings (SSSR count). The quantitative estimate of drug-likeness (QED) is 0.862. The Morgan fingerprint density at radius 3 is 3.06 bits per heavy atom. The largest absolute Gasteiger partial charge is 0.356 e. The van der Waals surface area contributed by atoms with Gasteiger partial charge in [0, 0.05) is 25.3 Å². The fourth-order valence-corrected chi connectivity index (χ4v) is 2.48. The molecule has 0 spiro atoms. The average Bonchev–Trinajstić information content (AvgIpc) is 2.38. The zero-order chi connectivity index (χ0) is 12.3. The molecule has 0 aliphatic carbocycles. The zero-order valence-corrected chi connectivity index (χ0v) is 11.0. The zero-order valence-electron chi connectivity index (χ0n) is 11.0. The Balaban J connectivity index is 2.07. The number of piperidine rings is 1. The van der Waals surface area contributed by atoms with E-state index in [9.17, 15) is 0 Å². The maximum absolute atomic E-state index is 4.51. The molecule has 0 bridgehead atoms. The van der Waals surface area contributed by atoms with Crippen molar-refractivity contribution in [2.45, 2.75) is 32.7 Å². The second-order valence-electron chi connectivity index (χ2n) is 4.89. The van der Waals surface area contributed by atoms with Crippen LogP contribution in [0, 0.1) is 12.8 Å². The van der Waals surface area contributed by atoms with E-state index in [-0.39, 0.29) is 0 Å². The lowest BCUT2D eigenvalue weighted by atomic mass is 9.92. The van der Waals surface area contributed by atoms with Gasteiger partial charge < -0.3 is 10.2 Å². The van der Waals surface area contributed by atoms with Crippen LogP contribution < -0.4 is 10.2 Å². The summed E-state index contributed by atoms with van der Waals surface area (Å²) in [5, 5.41) is 3.36. The minimum Gasteiger partial charge on any atom is -0.356 e. The fourth-order valence-electron chi connectivity index (χ4n) is 2.48. The van der Waals surface area contributed by atoms with Crippen molar-refractivity contribution < 1.29 is 0 Å². The van der Waals surface area contributed by atoms with Crippen molar-refractivity contribution in [3.8, 4) is 0 Å². The highest BCUT2D eigenvalue weighted by atomic mass is 15.2. The Morgan fingerprint density at radius 2 is 2.35 bits per heavy atom. The van der Waals surface area contributed by atoms with Crippen molar-refractivity contribution in [1.29, 1.82) is 0 Å². The minimum absolute atomic E-state index is 0.570. The molecule has 0 saturated carbocycles. The van der Waals surface area contributed by atoms with Crippen LogP contribution in [0.25, 0.3) is 0 Å². The van der Waals surface area contributed by atoms with Crippen LogP contribution in [-0.2, 0) is 0 Å². The van der Waals surface area contributed by atoms with Gasteiger partial charge in [0.15, 0.2) is 0 Å². The van der Waals surface area contributed by atoms with Crippen molar-refractivity contribution in [3.63, 3.8) is 0 Å². The molecule has 2 heterocycles. The maximum atomic E-state index is 4.51. The van der Waals surface area contributed by atoms with Gasteiger partial charge in [-0.3, -0.25) is 0 Å². The third-order valence-electron chi connectivity index (χ3n) is 3.71. The number of nitrogens with one attached hydrogen (secondary N) is 1. The van der Waals surface area contributed by atoms with Crippen LogP contribution in [0.4, 0.5) is 5.82 Å². The molecule has 2 unspecified atom stereocenters. The lowest BCUT2D eigenvalue weighted by Gasteiger charge is -2.36. The van der Waals surface area contributed by atoms with E-state index < -0.39 is 0 Å². The summed E-state index contributed by atoms with van der Waals surface area (Å²) in [5.74, 6) is 2.64. The molecule has 1 aromatic rings. The molecule has 17 heavy (non-hydrogen) atoms. The van der Waals surface area contributed by atoms with Crippen molar-refractivity contribution in [3.05, 3.63) is 18.1 Å². The first-order chi connectivity index (χ1) is 8.20. The predicted octanol–water partition coefficient (Wildman–Crippen LogP) is 1.61. The van der Waals surface area contributed by atoms with E-state index in [0.717, 1.165) is 24.7 Å². The number of aryl methyl sites for hydroxylation is 1. The molecule has 0 radical (unpaired) electrons. The molecular formula is C13H22N4. The number of aromatic nitrogens is 2. The summed E-state index contributed by atoms with van der Waals surface area (Å²) in [5.41, 5.74) is 0. The van der Waals surface area contributed by atoms with E-state index in [4.69, 9.17) is 0 Å². The van der Waals surface area contributed by atoms with Gasteiger partial charge in [-0.25, -0.2) is 9.97 Å². The minimum atomic E-state index is 0.570. The monoisotopic (exact) mass is 234 g/mol. The van der Waals surface area contributed by atoms with Crippen LogP contribution in [0.2, 0.25) is 0 Å². The van der Waals surface area contributed by atoms with Gasteiger partial charge in [0.1, 0.15) is 11.6 Å². The van der Waals surface area contributed by atoms with Gasteiger partial charge in [-0.15, -0.1) is 0 Å². The summed E-state index contributed by atoms with van der Waals surface area (Å²) >= 11 is 0. The maximum Gasteiger partial charge on any atom is 0.132 e. The summed E-state index contributed by atoms with van der Waals surface area (Å²) in [6.45, 7) is 6.42. The van der Waals surface area contributed by atoms with E-state index in [2.05, 4.69) is 27.1 Å². The second kappa shape index (κ2) is 5.45. The third kappa shape index (κ3) is 2.94. The fraction of sp³-hybridized carbons (Fsp3) is 0.692. The van der Waals surface area contributed by atoms with Crippen LogP contribution in [0.15, 0.2) is 12.3 Å². The Hall–Kier alpha value is -1.16. The van der Waals surface area contributed by atoms with Gasteiger partial charge in [0.05, 0.1) is 0 Å². The second-order valence-corrected chi connectivity index (χ2v) is 4.89. The normalized spacial score (nSPS) is 22.5. The summed E-state index contributed by atoms with van der Waals surface area (Å²) in [6.07, 6.45) is 4.41. The number of anilines is 1. The lowest BCUT2D eigenvalue weighted by Crippen LogP contribution is -2.43. The van der Waals surface area contributed by atoms with Crippen molar-refractivity contribution in [1.82, 2.24) is 15.3 Å². The number of hydrogen-bond acceptors (Lipinski definition) is 4. The van der Waals surface area contributed by atoms with Crippen molar-refractivity contribution in [2.24, 2.45) is 5.92 Å². The van der Waals surface area contributed by atoms with Crippen molar-refractivity contribution in [2.75, 3.05) is 25.0 Å². The van der Waals surface area contributed by atoms with Gasteiger partial charge >= 0.3 is 0 Å². The van der Waals surface area contributed by atoms with E-state index in [0.29, 0.717) is 12.0 Å². The Bertz CT molecular complexity index is 366. The Morgan fingerprint density at radius 1 is 1.53 bits per heavy atom. The predicted molar refractivity (Wildman–Crippen MR) is 70.2 cm³/mol. The van der Waals surface area contributed by atoms with Gasteiger partial charge in [-0.1, -0.05) is 0 Å². The number of nitrogens with zero attached hydrogens (tertiary/aromatic N) is 3. The molecule has 1 aliphatic heterocycles. The molecule has 1 aromatic heterocycles. The Labute approximate surface area is 103 Å². The summed E-state index contributed by atoms with van der Waals surface area (Å²) in [7, 11) is 2.04. The smallest absolute Gasteiger partial charge is 0.132 e. The molecule has 1 aliphatic rings. The Kier molecular flexibility index (Phi) is 3.94. The average molecular weight is 234 g/mol.